The second kappa shape index (κ2) is 9.45. The van der Waals surface area contributed by atoms with E-state index in [2.05, 4.69) is 20.7 Å². The van der Waals surface area contributed by atoms with Gasteiger partial charge in [0.2, 0.25) is 0 Å². The van der Waals surface area contributed by atoms with E-state index in [1.54, 1.807) is 18.3 Å². The molecular formula is C15H21FN4OS. The van der Waals surface area contributed by atoms with Crippen LogP contribution in [0.2, 0.25) is 0 Å². The summed E-state index contributed by atoms with van der Waals surface area (Å²) in [5.74, 6) is -0.262. The van der Waals surface area contributed by atoms with E-state index in [9.17, 15) is 4.39 Å². The van der Waals surface area contributed by atoms with Crippen LogP contribution in [-0.2, 0) is 4.74 Å². The van der Waals surface area contributed by atoms with Crippen LogP contribution in [0.4, 0.5) is 4.39 Å². The molecule has 0 unspecified atom stereocenters. The summed E-state index contributed by atoms with van der Waals surface area (Å²) in [6.07, 6.45) is 2.62. The number of benzene rings is 1. The summed E-state index contributed by atoms with van der Waals surface area (Å²) >= 11 is 5.13. The van der Waals surface area contributed by atoms with Crippen molar-refractivity contribution in [3.8, 4) is 0 Å². The highest BCUT2D eigenvalue weighted by Crippen LogP contribution is 1.99. The first-order valence-electron chi connectivity index (χ1n) is 7.36. The molecule has 1 fully saturated rings. The molecule has 0 bridgehead atoms. The van der Waals surface area contributed by atoms with E-state index in [4.69, 9.17) is 17.0 Å². The number of nitrogens with one attached hydrogen (secondary N) is 2. The van der Waals surface area contributed by atoms with Crippen LogP contribution in [0, 0.1) is 5.82 Å². The van der Waals surface area contributed by atoms with Gasteiger partial charge in [0.25, 0.3) is 0 Å². The van der Waals surface area contributed by atoms with Crippen LogP contribution in [0.25, 0.3) is 0 Å². The molecule has 0 amide bonds. The molecule has 5 nitrogen and oxygen atoms in total. The number of hydrazone groups is 1. The molecule has 22 heavy (non-hydrogen) atoms. The van der Waals surface area contributed by atoms with Crippen molar-refractivity contribution in [1.82, 2.24) is 15.6 Å². The second-order valence-corrected chi connectivity index (χ2v) is 5.39. The maximum absolute atomic E-state index is 12.7. The van der Waals surface area contributed by atoms with Gasteiger partial charge in [-0.2, -0.15) is 5.10 Å². The highest BCUT2D eigenvalue weighted by atomic mass is 32.1. The van der Waals surface area contributed by atoms with Crippen LogP contribution in [-0.4, -0.2) is 55.6 Å². The summed E-state index contributed by atoms with van der Waals surface area (Å²) in [5.41, 5.74) is 3.56. The Kier molecular flexibility index (Phi) is 7.21. The largest absolute Gasteiger partial charge is 0.379 e. The van der Waals surface area contributed by atoms with Gasteiger partial charge in [-0.25, -0.2) is 4.39 Å². The normalized spacial score (nSPS) is 15.9. The van der Waals surface area contributed by atoms with Gasteiger partial charge in [-0.15, -0.1) is 0 Å². The Bertz CT molecular complexity index is 489. The van der Waals surface area contributed by atoms with E-state index in [1.165, 1.54) is 12.1 Å². The van der Waals surface area contributed by atoms with E-state index in [-0.39, 0.29) is 5.82 Å². The maximum Gasteiger partial charge on any atom is 0.186 e. The van der Waals surface area contributed by atoms with Crippen molar-refractivity contribution >= 4 is 23.5 Å². The van der Waals surface area contributed by atoms with Crippen LogP contribution in [0.3, 0.4) is 0 Å². The number of nitrogens with zero attached hydrogens (tertiary/aromatic N) is 2. The molecule has 1 aromatic rings. The van der Waals surface area contributed by atoms with Gasteiger partial charge in [0.05, 0.1) is 19.4 Å². The molecule has 0 radical (unpaired) electrons. The minimum absolute atomic E-state index is 0.262. The smallest absolute Gasteiger partial charge is 0.186 e. The van der Waals surface area contributed by atoms with Crippen molar-refractivity contribution in [2.45, 2.75) is 6.42 Å². The number of halogens is 1. The molecule has 7 heteroatoms. The van der Waals surface area contributed by atoms with Gasteiger partial charge in [0, 0.05) is 19.6 Å². The van der Waals surface area contributed by atoms with E-state index >= 15 is 0 Å². The molecule has 0 aromatic heterocycles. The molecule has 1 saturated heterocycles. The lowest BCUT2D eigenvalue weighted by atomic mass is 10.2. The molecular weight excluding hydrogens is 303 g/mol. The monoisotopic (exact) mass is 324 g/mol. The second-order valence-electron chi connectivity index (χ2n) is 4.99. The first kappa shape index (κ1) is 16.8. The fourth-order valence-electron chi connectivity index (χ4n) is 2.08. The van der Waals surface area contributed by atoms with Crippen LogP contribution >= 0.6 is 12.2 Å². The minimum Gasteiger partial charge on any atom is -0.379 e. The molecule has 1 heterocycles. The summed E-state index contributed by atoms with van der Waals surface area (Å²) in [5, 5.41) is 7.60. The van der Waals surface area contributed by atoms with Crippen LogP contribution in [0.1, 0.15) is 12.0 Å². The third-order valence-corrected chi connectivity index (χ3v) is 3.53. The quantitative estimate of drug-likeness (QED) is 0.358. The average Bonchev–Trinajstić information content (AvgIpc) is 2.54. The van der Waals surface area contributed by atoms with Gasteiger partial charge in [-0.05, 0) is 42.9 Å². The van der Waals surface area contributed by atoms with Gasteiger partial charge in [0.15, 0.2) is 5.11 Å². The molecule has 1 aliphatic rings. The maximum atomic E-state index is 12.7. The molecule has 2 rings (SSSR count). The summed E-state index contributed by atoms with van der Waals surface area (Å²) in [7, 11) is 0. The lowest BCUT2D eigenvalue weighted by molar-refractivity contribution is 0.0376. The molecule has 120 valence electrons. The summed E-state index contributed by atoms with van der Waals surface area (Å²) in [6.45, 7) is 5.50. The Balaban J connectivity index is 1.56. The van der Waals surface area contributed by atoms with Gasteiger partial charge < -0.3 is 10.1 Å². The fraction of sp³-hybridized carbons (Fsp3) is 0.467. The molecule has 1 aliphatic heterocycles. The number of ether oxygens (including phenoxy) is 1. The van der Waals surface area contributed by atoms with Crippen LogP contribution in [0.5, 0.6) is 0 Å². The number of morpholine rings is 1. The summed E-state index contributed by atoms with van der Waals surface area (Å²) < 4.78 is 18.1. The Hall–Kier alpha value is -1.57. The van der Waals surface area contributed by atoms with E-state index in [0.717, 1.165) is 51.4 Å². The van der Waals surface area contributed by atoms with E-state index < -0.39 is 0 Å². The van der Waals surface area contributed by atoms with Gasteiger partial charge in [-0.1, -0.05) is 12.1 Å². The highest BCUT2D eigenvalue weighted by molar-refractivity contribution is 7.80. The average molecular weight is 324 g/mol. The molecule has 0 aliphatic carbocycles. The Morgan fingerprint density at radius 1 is 1.32 bits per heavy atom. The molecule has 2 N–H and O–H groups in total. The summed E-state index contributed by atoms with van der Waals surface area (Å²) in [6, 6.07) is 6.09. The molecule has 0 saturated carbocycles. The topological polar surface area (TPSA) is 48.9 Å². The van der Waals surface area contributed by atoms with Crippen molar-refractivity contribution in [2.24, 2.45) is 5.10 Å². The Morgan fingerprint density at radius 3 is 2.77 bits per heavy atom. The van der Waals surface area contributed by atoms with Crippen molar-refractivity contribution in [2.75, 3.05) is 39.4 Å². The minimum atomic E-state index is -0.262. The standard InChI is InChI=1S/C15H21FN4OS/c16-14-4-2-13(3-5-14)12-18-19-15(22)17-6-1-7-20-8-10-21-11-9-20/h2-5,12H,1,6-11H2,(H2,17,19,22)/b18-12+. The fourth-order valence-corrected chi connectivity index (χ4v) is 2.24. The number of hydrogen-bond donors (Lipinski definition) is 2. The van der Waals surface area contributed by atoms with Gasteiger partial charge in [-0.3, -0.25) is 10.3 Å². The van der Waals surface area contributed by atoms with Gasteiger partial charge in [0.1, 0.15) is 5.82 Å². The predicted octanol–water partition coefficient (Wildman–Crippen LogP) is 1.35. The van der Waals surface area contributed by atoms with Crippen LogP contribution < -0.4 is 10.7 Å². The van der Waals surface area contributed by atoms with E-state index in [0.29, 0.717) is 5.11 Å². The van der Waals surface area contributed by atoms with Crippen molar-refractivity contribution in [1.29, 1.82) is 0 Å². The zero-order valence-corrected chi connectivity index (χ0v) is 13.2. The van der Waals surface area contributed by atoms with Gasteiger partial charge >= 0.3 is 0 Å². The lowest BCUT2D eigenvalue weighted by Crippen LogP contribution is -2.39. The first-order valence-corrected chi connectivity index (χ1v) is 7.77. The third-order valence-electron chi connectivity index (χ3n) is 3.29. The Labute approximate surface area is 135 Å². The third kappa shape index (κ3) is 6.46. The highest BCUT2D eigenvalue weighted by Gasteiger charge is 2.08. The van der Waals surface area contributed by atoms with Crippen molar-refractivity contribution < 1.29 is 9.13 Å². The molecule has 1 aromatic carbocycles. The molecule has 0 atom stereocenters. The number of rotatable bonds is 6. The molecule has 0 spiro atoms. The number of thiocarbonyl (C=S) groups is 1. The summed E-state index contributed by atoms with van der Waals surface area (Å²) in [4.78, 5) is 2.38. The van der Waals surface area contributed by atoms with Crippen molar-refractivity contribution in [3.05, 3.63) is 35.6 Å². The zero-order chi connectivity index (χ0) is 15.6. The van der Waals surface area contributed by atoms with Crippen molar-refractivity contribution in [3.63, 3.8) is 0 Å². The van der Waals surface area contributed by atoms with E-state index in [1.807, 2.05) is 0 Å². The lowest BCUT2D eigenvalue weighted by Gasteiger charge is -2.26. The Morgan fingerprint density at radius 2 is 2.05 bits per heavy atom. The van der Waals surface area contributed by atoms with Crippen LogP contribution in [0.15, 0.2) is 29.4 Å². The zero-order valence-electron chi connectivity index (χ0n) is 12.4. The predicted molar refractivity (Wildman–Crippen MR) is 89.6 cm³/mol. The number of hydrogen-bond acceptors (Lipinski definition) is 4. The first-order chi connectivity index (χ1) is 10.7. The SMILES string of the molecule is Fc1ccc(/C=N/NC(=S)NCCCN2CCOCC2)cc1.